The lowest BCUT2D eigenvalue weighted by molar-refractivity contribution is -0.270. The molecule has 10 nitrogen and oxygen atoms in total. The molecule has 2 aliphatic rings. The molecule has 0 bridgehead atoms. The van der Waals surface area contributed by atoms with Crippen LogP contribution in [0.3, 0.4) is 0 Å². The second-order valence-corrected chi connectivity index (χ2v) is 17.4. The van der Waals surface area contributed by atoms with E-state index < -0.39 is 63.4 Å². The van der Waals surface area contributed by atoms with Crippen molar-refractivity contribution < 1.29 is 42.9 Å². The Labute approximate surface area is 260 Å². The molecule has 5 atom stereocenters. The maximum atomic E-state index is 13.4. The summed E-state index contributed by atoms with van der Waals surface area (Å²) in [6.07, 6.45) is -5.03. The zero-order chi connectivity index (χ0) is 32.2. The van der Waals surface area contributed by atoms with E-state index in [1.807, 2.05) is 70.3 Å². The number of amides is 2. The molecule has 1 N–H and O–H groups in total. The Hall–Kier alpha value is -3.35. The Kier molecular flexibility index (Phi) is 10.5. The zero-order valence-corrected chi connectivity index (χ0v) is 27.4. The van der Waals surface area contributed by atoms with Crippen molar-refractivity contribution in [2.45, 2.75) is 90.0 Å². The Morgan fingerprint density at radius 3 is 2.09 bits per heavy atom. The van der Waals surface area contributed by atoms with E-state index in [9.17, 15) is 19.5 Å². The summed E-state index contributed by atoms with van der Waals surface area (Å²) in [6.45, 7) is 13.0. The van der Waals surface area contributed by atoms with Gasteiger partial charge < -0.3 is 28.5 Å². The number of rotatable bonds is 11. The first-order valence-corrected chi connectivity index (χ1v) is 17.7. The van der Waals surface area contributed by atoms with E-state index in [1.165, 1.54) is 0 Å². The smallest absolute Gasteiger partial charge is 0.344 e. The van der Waals surface area contributed by atoms with Crippen molar-refractivity contribution in [3.8, 4) is 5.75 Å². The van der Waals surface area contributed by atoms with Gasteiger partial charge in [-0.15, -0.1) is 0 Å². The third kappa shape index (κ3) is 7.47. The van der Waals surface area contributed by atoms with Gasteiger partial charge in [-0.3, -0.25) is 14.5 Å². The summed E-state index contributed by atoms with van der Waals surface area (Å²) in [6, 6.07) is 17.0. The fraction of sp³-hybridized carbons (Fsp3) is 0.485. The molecular formula is C33H43NO9Si. The molecule has 0 aromatic heterocycles. The predicted molar refractivity (Wildman–Crippen MR) is 165 cm³/mol. The molecule has 238 valence electrons. The van der Waals surface area contributed by atoms with Crippen molar-refractivity contribution >= 4 is 26.1 Å². The molecule has 0 saturated carbocycles. The van der Waals surface area contributed by atoms with Gasteiger partial charge in [0.2, 0.25) is 0 Å². The highest BCUT2D eigenvalue weighted by Crippen LogP contribution is 2.41. The predicted octanol–water partition coefficient (Wildman–Crippen LogP) is 4.38. The Morgan fingerprint density at radius 2 is 1.52 bits per heavy atom. The molecule has 4 rings (SSSR count). The normalized spacial score (nSPS) is 24.5. The summed E-state index contributed by atoms with van der Waals surface area (Å²) in [4.78, 5) is 40.7. The average molecular weight is 626 g/mol. The maximum Gasteiger partial charge on any atom is 0.344 e. The highest BCUT2D eigenvalue weighted by molar-refractivity contribution is 6.74. The Morgan fingerprint density at radius 1 is 0.955 bits per heavy atom. The average Bonchev–Trinajstić information content (AvgIpc) is 3.16. The van der Waals surface area contributed by atoms with Gasteiger partial charge in [0.25, 0.3) is 11.8 Å². The zero-order valence-electron chi connectivity index (χ0n) is 26.4. The topological polar surface area (TPSA) is 121 Å². The third-order valence-electron chi connectivity index (χ3n) is 8.56. The van der Waals surface area contributed by atoms with Gasteiger partial charge in [-0.25, -0.2) is 4.79 Å². The van der Waals surface area contributed by atoms with Gasteiger partial charge in [0.05, 0.1) is 13.2 Å². The van der Waals surface area contributed by atoms with Crippen molar-refractivity contribution in [2.24, 2.45) is 0 Å². The number of aliphatic hydroxyl groups excluding tert-OH is 1. The lowest BCUT2D eigenvalue weighted by atomic mass is 9.95. The number of aliphatic hydroxyl groups is 1. The van der Waals surface area contributed by atoms with Crippen LogP contribution in [0, 0.1) is 0 Å². The van der Waals surface area contributed by atoms with Crippen LogP contribution in [-0.4, -0.2) is 80.0 Å². The SMILES string of the molecule is CC1=C(C)C(=O)N([C@H]2[C@H](O[Si](C)(C)C(C)(C)C)O[C@H](COCc3ccccc3)[C@@H](OC(=O)COc3ccccc3)[C@@H]2O)C1=O. The number of hydrogen-bond donors (Lipinski definition) is 1. The van der Waals surface area contributed by atoms with Gasteiger partial charge in [-0.05, 0) is 49.7 Å². The van der Waals surface area contributed by atoms with Crippen molar-refractivity contribution in [3.63, 3.8) is 0 Å². The molecule has 0 radical (unpaired) electrons. The number of ether oxygens (including phenoxy) is 4. The van der Waals surface area contributed by atoms with Crippen LogP contribution >= 0.6 is 0 Å². The summed E-state index contributed by atoms with van der Waals surface area (Å²) < 4.78 is 30.4. The summed E-state index contributed by atoms with van der Waals surface area (Å²) in [5.41, 5.74) is 1.46. The van der Waals surface area contributed by atoms with Crippen LogP contribution in [0.1, 0.15) is 40.2 Å². The fourth-order valence-electron chi connectivity index (χ4n) is 4.78. The molecule has 2 aliphatic heterocycles. The van der Waals surface area contributed by atoms with Crippen molar-refractivity contribution in [1.82, 2.24) is 4.90 Å². The first-order valence-electron chi connectivity index (χ1n) is 14.8. The molecule has 1 saturated heterocycles. The minimum absolute atomic E-state index is 0.0638. The fourth-order valence-corrected chi connectivity index (χ4v) is 5.91. The molecule has 2 aromatic carbocycles. The van der Waals surface area contributed by atoms with Crippen LogP contribution in [0.5, 0.6) is 5.75 Å². The largest absolute Gasteiger partial charge is 0.482 e. The third-order valence-corrected chi connectivity index (χ3v) is 13.0. The van der Waals surface area contributed by atoms with Gasteiger partial charge in [0.15, 0.2) is 27.3 Å². The van der Waals surface area contributed by atoms with Crippen LogP contribution in [0.25, 0.3) is 0 Å². The van der Waals surface area contributed by atoms with Crippen LogP contribution in [0.15, 0.2) is 71.8 Å². The summed E-state index contributed by atoms with van der Waals surface area (Å²) in [5, 5.41) is 11.6. The Balaban J connectivity index is 1.64. The van der Waals surface area contributed by atoms with Gasteiger partial charge in [-0.1, -0.05) is 69.3 Å². The first kappa shape index (κ1) is 33.5. The molecule has 44 heavy (non-hydrogen) atoms. The van der Waals surface area contributed by atoms with Crippen molar-refractivity contribution in [3.05, 3.63) is 77.4 Å². The van der Waals surface area contributed by atoms with Crippen LogP contribution in [0.2, 0.25) is 18.1 Å². The first-order chi connectivity index (χ1) is 20.7. The summed E-state index contributed by atoms with van der Waals surface area (Å²) in [5.74, 6) is -1.40. The number of nitrogens with zero attached hydrogens (tertiary/aromatic N) is 1. The van der Waals surface area contributed by atoms with Gasteiger partial charge in [0.1, 0.15) is 24.0 Å². The van der Waals surface area contributed by atoms with Crippen LogP contribution < -0.4 is 4.74 Å². The van der Waals surface area contributed by atoms with E-state index in [2.05, 4.69) is 0 Å². The molecule has 0 aliphatic carbocycles. The van der Waals surface area contributed by atoms with E-state index in [0.29, 0.717) is 5.75 Å². The van der Waals surface area contributed by atoms with E-state index in [0.717, 1.165) is 10.5 Å². The second-order valence-electron chi connectivity index (χ2n) is 12.7. The van der Waals surface area contributed by atoms with Crippen LogP contribution in [-0.2, 0) is 39.6 Å². The number of carbonyl (C=O) groups excluding carboxylic acids is 3. The van der Waals surface area contributed by atoms with E-state index >= 15 is 0 Å². The van der Waals surface area contributed by atoms with E-state index in [4.69, 9.17) is 23.4 Å². The minimum atomic E-state index is -2.58. The van der Waals surface area contributed by atoms with Gasteiger partial charge in [0, 0.05) is 11.1 Å². The molecule has 11 heteroatoms. The van der Waals surface area contributed by atoms with Crippen LogP contribution in [0.4, 0.5) is 0 Å². The molecule has 2 heterocycles. The van der Waals surface area contributed by atoms with Crippen molar-refractivity contribution in [2.75, 3.05) is 13.2 Å². The maximum absolute atomic E-state index is 13.4. The van der Waals surface area contributed by atoms with E-state index in [-0.39, 0.29) is 29.4 Å². The Bertz CT molecular complexity index is 1330. The van der Waals surface area contributed by atoms with E-state index in [1.54, 1.807) is 38.1 Å². The molecule has 2 amide bonds. The number of hydrogen-bond acceptors (Lipinski definition) is 9. The number of imide groups is 1. The second kappa shape index (κ2) is 13.7. The number of carbonyl (C=O) groups is 3. The van der Waals surface area contributed by atoms with Gasteiger partial charge in [-0.2, -0.15) is 0 Å². The highest BCUT2D eigenvalue weighted by Gasteiger charge is 2.56. The quantitative estimate of drug-likeness (QED) is 0.220. The molecular weight excluding hydrogens is 582 g/mol. The van der Waals surface area contributed by atoms with Crippen molar-refractivity contribution in [1.29, 1.82) is 0 Å². The molecule has 1 fully saturated rings. The lowest BCUT2D eigenvalue weighted by Gasteiger charge is -2.49. The monoisotopic (exact) mass is 625 g/mol. The number of esters is 1. The number of benzene rings is 2. The highest BCUT2D eigenvalue weighted by atomic mass is 28.4. The molecule has 0 spiro atoms. The standard InChI is InChI=1S/C33H43NO9Si/c1-21-22(2)31(38)34(30(21)37)27-28(36)29(42-26(35)20-40-24-16-12-9-13-17-24)25(19-39-18-23-14-10-8-11-15-23)41-32(27)43-44(6,7)33(3,4)5/h8-17,25,27-29,32,36H,18-20H2,1-7H3/t25-,27-,28-,29-,32+/m1/s1. The summed E-state index contributed by atoms with van der Waals surface area (Å²) in [7, 11) is -2.58. The molecule has 2 aromatic rings. The van der Waals surface area contributed by atoms with Gasteiger partial charge >= 0.3 is 5.97 Å². The minimum Gasteiger partial charge on any atom is -0.482 e. The molecule has 0 unspecified atom stereocenters. The summed E-state index contributed by atoms with van der Waals surface area (Å²) >= 11 is 0. The lowest BCUT2D eigenvalue weighted by Crippen LogP contribution is -2.68. The number of para-hydroxylation sites is 1.